The molecule has 0 N–H and O–H groups in total. The van der Waals surface area contributed by atoms with Crippen LogP contribution in [0.2, 0.25) is 5.02 Å². The van der Waals surface area contributed by atoms with E-state index in [-0.39, 0.29) is 15.8 Å². The normalized spacial score (nSPS) is 17.6. The maximum absolute atomic E-state index is 12.5. The summed E-state index contributed by atoms with van der Waals surface area (Å²) in [6.45, 7) is 0.731. The van der Waals surface area contributed by atoms with Gasteiger partial charge in [0.25, 0.3) is 0 Å². The first-order valence-electron chi connectivity index (χ1n) is 6.22. The maximum atomic E-state index is 12.5. The van der Waals surface area contributed by atoms with E-state index in [0.717, 1.165) is 0 Å². The standard InChI is InChI=1S/C13H15ClN2O3S/c1-19-13-3-2-11(8-12(13)14)20(17,18)16-6-4-10(9-15)5-7-16/h2-3,8,10H,4-7H2,1H3. The maximum Gasteiger partial charge on any atom is 0.243 e. The molecule has 20 heavy (non-hydrogen) atoms. The number of halogens is 1. The van der Waals surface area contributed by atoms with Crippen LogP contribution in [0.4, 0.5) is 0 Å². The molecule has 0 spiro atoms. The molecule has 1 heterocycles. The summed E-state index contributed by atoms with van der Waals surface area (Å²) in [7, 11) is -2.08. The number of sulfonamides is 1. The quantitative estimate of drug-likeness (QED) is 0.858. The van der Waals surface area contributed by atoms with Crippen LogP contribution >= 0.6 is 11.6 Å². The Morgan fingerprint density at radius 2 is 2.05 bits per heavy atom. The van der Waals surface area contributed by atoms with Crippen LogP contribution in [0, 0.1) is 17.2 Å². The number of methoxy groups -OCH3 is 1. The zero-order valence-corrected chi connectivity index (χ0v) is 12.6. The number of nitriles is 1. The van der Waals surface area contributed by atoms with Crippen LogP contribution in [0.5, 0.6) is 5.75 Å². The highest BCUT2D eigenvalue weighted by atomic mass is 35.5. The van der Waals surface area contributed by atoms with Crippen LogP contribution in [-0.2, 0) is 10.0 Å². The summed E-state index contributed by atoms with van der Waals surface area (Å²) in [5.41, 5.74) is 0. The number of hydrogen-bond acceptors (Lipinski definition) is 4. The molecule has 0 radical (unpaired) electrons. The third-order valence-electron chi connectivity index (χ3n) is 3.40. The third kappa shape index (κ3) is 2.90. The first-order chi connectivity index (χ1) is 9.48. The van der Waals surface area contributed by atoms with E-state index in [1.807, 2.05) is 0 Å². The van der Waals surface area contributed by atoms with Crippen molar-refractivity contribution in [3.8, 4) is 11.8 Å². The first-order valence-corrected chi connectivity index (χ1v) is 8.04. The molecule has 1 aromatic rings. The van der Waals surface area contributed by atoms with E-state index in [4.69, 9.17) is 21.6 Å². The lowest BCUT2D eigenvalue weighted by Crippen LogP contribution is -2.38. The summed E-state index contributed by atoms with van der Waals surface area (Å²) in [5.74, 6) is 0.384. The molecule has 0 aliphatic carbocycles. The van der Waals surface area contributed by atoms with Gasteiger partial charge in [0, 0.05) is 19.0 Å². The molecular weight excluding hydrogens is 300 g/mol. The molecule has 5 nitrogen and oxygen atoms in total. The number of ether oxygens (including phenoxy) is 1. The Labute approximate surface area is 123 Å². The summed E-state index contributed by atoms with van der Waals surface area (Å²) in [6, 6.07) is 6.60. The van der Waals surface area contributed by atoms with E-state index in [9.17, 15) is 8.42 Å². The Kier molecular flexibility index (Phi) is 4.53. The highest BCUT2D eigenvalue weighted by Crippen LogP contribution is 2.29. The van der Waals surface area contributed by atoms with Crippen molar-refractivity contribution in [1.29, 1.82) is 5.26 Å². The van der Waals surface area contributed by atoms with Gasteiger partial charge < -0.3 is 4.74 Å². The number of benzene rings is 1. The van der Waals surface area contributed by atoms with E-state index >= 15 is 0 Å². The molecule has 7 heteroatoms. The largest absolute Gasteiger partial charge is 0.495 e. The summed E-state index contributed by atoms with van der Waals surface area (Å²) in [4.78, 5) is 0.152. The predicted octanol–water partition coefficient (Wildman–Crippen LogP) is 2.27. The Hall–Kier alpha value is -1.29. The van der Waals surface area contributed by atoms with Crippen LogP contribution in [0.15, 0.2) is 23.1 Å². The predicted molar refractivity (Wildman–Crippen MR) is 75.1 cm³/mol. The minimum atomic E-state index is -3.56. The van der Waals surface area contributed by atoms with Crippen LogP contribution in [0.25, 0.3) is 0 Å². The molecule has 108 valence electrons. The smallest absolute Gasteiger partial charge is 0.243 e. The van der Waals surface area contributed by atoms with Crippen LogP contribution < -0.4 is 4.74 Å². The molecule has 2 rings (SSSR count). The number of rotatable bonds is 3. The van der Waals surface area contributed by atoms with Crippen molar-refractivity contribution in [1.82, 2.24) is 4.31 Å². The second-order valence-electron chi connectivity index (χ2n) is 4.60. The van der Waals surface area contributed by atoms with Crippen molar-refractivity contribution in [2.24, 2.45) is 5.92 Å². The van der Waals surface area contributed by atoms with Crippen LogP contribution in [-0.4, -0.2) is 32.9 Å². The van der Waals surface area contributed by atoms with E-state index in [1.165, 1.54) is 29.6 Å². The Balaban J connectivity index is 2.23. The lowest BCUT2D eigenvalue weighted by atomic mass is 10.0. The van der Waals surface area contributed by atoms with Gasteiger partial charge in [-0.15, -0.1) is 0 Å². The fraction of sp³-hybridized carbons (Fsp3) is 0.462. The minimum absolute atomic E-state index is 0.0547. The second kappa shape index (κ2) is 6.00. The molecular formula is C13H15ClN2O3S. The summed E-state index contributed by atoms with van der Waals surface area (Å²) in [6.07, 6.45) is 1.14. The highest BCUT2D eigenvalue weighted by molar-refractivity contribution is 7.89. The molecule has 0 saturated carbocycles. The molecule has 0 aromatic heterocycles. The van der Waals surface area contributed by atoms with Gasteiger partial charge in [0.1, 0.15) is 5.75 Å². The molecule has 0 atom stereocenters. The molecule has 0 bridgehead atoms. The van der Waals surface area contributed by atoms with Crippen molar-refractivity contribution in [2.45, 2.75) is 17.7 Å². The monoisotopic (exact) mass is 314 g/mol. The topological polar surface area (TPSA) is 70.4 Å². The lowest BCUT2D eigenvalue weighted by molar-refractivity contribution is 0.310. The molecule has 1 fully saturated rings. The van der Waals surface area contributed by atoms with E-state index in [2.05, 4.69) is 6.07 Å². The van der Waals surface area contributed by atoms with Gasteiger partial charge in [-0.1, -0.05) is 11.6 Å². The fourth-order valence-electron chi connectivity index (χ4n) is 2.18. The molecule has 1 aliphatic heterocycles. The van der Waals surface area contributed by atoms with Gasteiger partial charge in [0.15, 0.2) is 0 Å². The average molecular weight is 315 g/mol. The van der Waals surface area contributed by atoms with Crippen molar-refractivity contribution in [2.75, 3.05) is 20.2 Å². The van der Waals surface area contributed by atoms with Crippen molar-refractivity contribution < 1.29 is 13.2 Å². The van der Waals surface area contributed by atoms with Crippen molar-refractivity contribution in [3.05, 3.63) is 23.2 Å². The molecule has 1 aliphatic rings. The summed E-state index contributed by atoms with van der Waals surface area (Å²) < 4.78 is 31.4. The molecule has 0 amide bonds. The summed E-state index contributed by atoms with van der Waals surface area (Å²) >= 11 is 5.97. The average Bonchev–Trinajstić information content (AvgIpc) is 2.47. The van der Waals surface area contributed by atoms with Crippen LogP contribution in [0.1, 0.15) is 12.8 Å². The Morgan fingerprint density at radius 3 is 2.55 bits per heavy atom. The zero-order chi connectivity index (χ0) is 14.8. The van der Waals surface area contributed by atoms with Crippen molar-refractivity contribution in [3.63, 3.8) is 0 Å². The molecule has 0 unspecified atom stereocenters. The van der Waals surface area contributed by atoms with Gasteiger partial charge in [0.2, 0.25) is 10.0 Å². The fourth-order valence-corrected chi connectivity index (χ4v) is 4.00. The Bertz CT molecular complexity index is 632. The van der Waals surface area contributed by atoms with E-state index < -0.39 is 10.0 Å². The number of nitrogens with zero attached hydrogens (tertiary/aromatic N) is 2. The van der Waals surface area contributed by atoms with Gasteiger partial charge >= 0.3 is 0 Å². The Morgan fingerprint density at radius 1 is 1.40 bits per heavy atom. The zero-order valence-electron chi connectivity index (χ0n) is 11.0. The van der Waals surface area contributed by atoms with Crippen molar-refractivity contribution >= 4 is 21.6 Å². The highest BCUT2D eigenvalue weighted by Gasteiger charge is 2.29. The SMILES string of the molecule is COc1ccc(S(=O)(=O)N2CCC(C#N)CC2)cc1Cl. The van der Waals surface area contributed by atoms with Gasteiger partial charge in [-0.3, -0.25) is 0 Å². The minimum Gasteiger partial charge on any atom is -0.495 e. The molecule has 1 aromatic carbocycles. The first kappa shape index (κ1) is 15.1. The van der Waals surface area contributed by atoms with E-state index in [0.29, 0.717) is 31.7 Å². The van der Waals surface area contributed by atoms with Gasteiger partial charge in [-0.2, -0.15) is 9.57 Å². The van der Waals surface area contributed by atoms with Gasteiger partial charge in [-0.25, -0.2) is 8.42 Å². The number of hydrogen-bond donors (Lipinski definition) is 0. The number of piperidine rings is 1. The van der Waals surface area contributed by atoms with Crippen LogP contribution in [0.3, 0.4) is 0 Å². The second-order valence-corrected chi connectivity index (χ2v) is 6.95. The summed E-state index contributed by atoms with van der Waals surface area (Å²) in [5, 5.41) is 9.11. The molecule has 1 saturated heterocycles. The van der Waals surface area contributed by atoms with E-state index in [1.54, 1.807) is 0 Å². The van der Waals surface area contributed by atoms with Gasteiger partial charge in [0.05, 0.1) is 23.1 Å². The third-order valence-corrected chi connectivity index (χ3v) is 5.59. The lowest BCUT2D eigenvalue weighted by Gasteiger charge is -2.28. The van der Waals surface area contributed by atoms with Gasteiger partial charge in [-0.05, 0) is 31.0 Å².